The maximum Gasteiger partial charge on any atom is 0.416 e. The SMILES string of the molecule is O=[N+]([O-])c1cc(C(F)(F)F)ccc1-c1c2nc(c3ccc([nH]3)c(-c3ccc(C(F)(F)F)cc3[N+](=O)[O-])c3ccc([nH]3)c(-c3ccc(C(F)(F)F)cc3[N+](=O)[O-])c3ccc1[nH]3)C=C2. The molecule has 0 atom stereocenters. The van der Waals surface area contributed by atoms with E-state index in [1.165, 1.54) is 48.6 Å². The van der Waals surface area contributed by atoms with Gasteiger partial charge in [-0.2, -0.15) is 39.5 Å². The molecule has 314 valence electrons. The van der Waals surface area contributed by atoms with Gasteiger partial charge in [-0.1, -0.05) is 0 Å². The minimum atomic E-state index is -5.03. The van der Waals surface area contributed by atoms with E-state index in [-0.39, 0.29) is 78.4 Å². The van der Waals surface area contributed by atoms with Crippen molar-refractivity contribution in [2.24, 2.45) is 0 Å². The quantitative estimate of drug-likeness (QED) is 0.0841. The Balaban J connectivity index is 1.57. The van der Waals surface area contributed by atoms with Crippen LogP contribution in [0, 0.1) is 30.3 Å². The van der Waals surface area contributed by atoms with Crippen LogP contribution in [0.25, 0.3) is 78.6 Å². The van der Waals surface area contributed by atoms with Crippen LogP contribution < -0.4 is 0 Å². The van der Waals surface area contributed by atoms with Gasteiger partial charge in [-0.25, -0.2) is 4.98 Å². The molecule has 5 heterocycles. The molecule has 0 saturated heterocycles. The molecule has 22 heteroatoms. The van der Waals surface area contributed by atoms with E-state index >= 15 is 0 Å². The summed E-state index contributed by atoms with van der Waals surface area (Å²) in [5.41, 5.74) is -8.72. The molecule has 0 radical (unpaired) electrons. The van der Waals surface area contributed by atoms with E-state index in [9.17, 15) is 69.9 Å². The number of aromatic nitrogens is 4. The molecule has 0 spiro atoms. The van der Waals surface area contributed by atoms with Crippen LogP contribution in [0.5, 0.6) is 0 Å². The first-order valence-corrected chi connectivity index (χ1v) is 17.5. The number of hydrogen-bond donors (Lipinski definition) is 3. The van der Waals surface area contributed by atoms with Crippen molar-refractivity contribution in [2.45, 2.75) is 18.5 Å². The maximum atomic E-state index is 13.9. The van der Waals surface area contributed by atoms with E-state index < -0.39 is 72.6 Å². The number of fused-ring (bicyclic) bond motifs is 9. The number of nitro benzene ring substituents is 3. The Morgan fingerprint density at radius 2 is 0.694 bits per heavy atom. The van der Waals surface area contributed by atoms with Crippen LogP contribution in [0.3, 0.4) is 0 Å². The van der Waals surface area contributed by atoms with Gasteiger partial charge in [-0.15, -0.1) is 0 Å². The molecule has 3 N–H and O–H groups in total. The van der Waals surface area contributed by atoms with Crippen molar-refractivity contribution < 1.29 is 54.3 Å². The molecule has 0 amide bonds. The molecule has 8 rings (SSSR count). The highest BCUT2D eigenvalue weighted by Gasteiger charge is 2.36. The second-order valence-corrected chi connectivity index (χ2v) is 13.7. The third kappa shape index (κ3) is 7.19. The first-order valence-electron chi connectivity index (χ1n) is 17.5. The molecule has 13 nitrogen and oxygen atoms in total. The number of nitrogens with zero attached hydrogens (tertiary/aromatic N) is 4. The van der Waals surface area contributed by atoms with Crippen molar-refractivity contribution in [3.05, 3.63) is 149 Å². The number of alkyl halides is 9. The summed E-state index contributed by atoms with van der Waals surface area (Å²) in [6.07, 6.45) is -12.2. The lowest BCUT2D eigenvalue weighted by atomic mass is 9.99. The van der Waals surface area contributed by atoms with Crippen LogP contribution in [0.15, 0.2) is 91.0 Å². The molecule has 4 aromatic heterocycles. The summed E-state index contributed by atoms with van der Waals surface area (Å²) in [6.45, 7) is 0. The van der Waals surface area contributed by atoms with Crippen molar-refractivity contribution in [3.63, 3.8) is 0 Å². The van der Waals surface area contributed by atoms with E-state index in [1.54, 1.807) is 0 Å². The van der Waals surface area contributed by atoms with Crippen molar-refractivity contribution in [3.8, 4) is 33.4 Å². The predicted octanol–water partition coefficient (Wildman–Crippen LogP) is 12.5. The van der Waals surface area contributed by atoms with Crippen LogP contribution in [-0.4, -0.2) is 34.7 Å². The lowest BCUT2D eigenvalue weighted by Crippen LogP contribution is -2.06. The zero-order valence-corrected chi connectivity index (χ0v) is 30.5. The number of aromatic amines is 3. The Labute approximate surface area is 337 Å². The van der Waals surface area contributed by atoms with E-state index in [0.29, 0.717) is 30.3 Å². The third-order valence-electron chi connectivity index (χ3n) is 9.95. The lowest BCUT2D eigenvalue weighted by Gasteiger charge is -2.10. The average molecular weight is 866 g/mol. The fourth-order valence-electron chi connectivity index (χ4n) is 7.22. The summed E-state index contributed by atoms with van der Waals surface area (Å²) >= 11 is 0. The standard InChI is InChI=1S/C40H20F9N7O6/c41-38(42,43)18-1-4-21(32(15-18)54(57)58)35-26-9-7-24(50-26)25-8-10-27(51-25)36(22-5-2-19(39(44,45)46)16-33(22)55(59)60)29-12-14-31(53-29)37(30-13-11-28(35)52-30)23-6-3-20(40(47,48)49)17-34(23)56(61)62/h1-17,50,52-53H. The summed E-state index contributed by atoms with van der Waals surface area (Å²) in [5, 5.41) is 37.2. The van der Waals surface area contributed by atoms with Crippen LogP contribution in [-0.2, 0) is 18.5 Å². The van der Waals surface area contributed by atoms with Gasteiger partial charge in [0.25, 0.3) is 17.1 Å². The number of H-pyrrole nitrogens is 3. The van der Waals surface area contributed by atoms with Crippen LogP contribution in [0.2, 0.25) is 0 Å². The van der Waals surface area contributed by atoms with Crippen molar-refractivity contribution in [1.29, 1.82) is 0 Å². The van der Waals surface area contributed by atoms with Gasteiger partial charge in [0.05, 0.1) is 65.1 Å². The summed E-state index contributed by atoms with van der Waals surface area (Å²) in [7, 11) is 0. The highest BCUT2D eigenvalue weighted by atomic mass is 19.4. The van der Waals surface area contributed by atoms with Gasteiger partial charge in [0.2, 0.25) is 0 Å². The van der Waals surface area contributed by atoms with Gasteiger partial charge in [0.1, 0.15) is 0 Å². The molecule has 8 bridgehead atoms. The first-order chi connectivity index (χ1) is 29.1. The third-order valence-corrected chi connectivity index (χ3v) is 9.95. The van der Waals surface area contributed by atoms with Crippen LogP contribution in [0.4, 0.5) is 56.6 Å². The number of benzene rings is 3. The minimum absolute atomic E-state index is 0.0336. The smallest absolute Gasteiger partial charge is 0.354 e. The Kier molecular flexibility index (Phi) is 9.40. The predicted molar refractivity (Wildman–Crippen MR) is 206 cm³/mol. The zero-order chi connectivity index (χ0) is 44.6. The molecule has 0 fully saturated rings. The van der Waals surface area contributed by atoms with Gasteiger partial charge in [0.15, 0.2) is 0 Å². The molecule has 7 aromatic rings. The Bertz CT molecular complexity index is 3220. The number of hydrogen-bond acceptors (Lipinski definition) is 7. The van der Waals surface area contributed by atoms with Crippen LogP contribution in [0.1, 0.15) is 28.1 Å². The van der Waals surface area contributed by atoms with Crippen molar-refractivity contribution >= 4 is 62.3 Å². The average Bonchev–Trinajstić information content (AvgIpc) is 4.03. The van der Waals surface area contributed by atoms with E-state index in [1.807, 2.05) is 0 Å². The summed E-state index contributed by atoms with van der Waals surface area (Å²) in [5.74, 6) is 0. The lowest BCUT2D eigenvalue weighted by molar-refractivity contribution is -0.384. The second-order valence-electron chi connectivity index (χ2n) is 13.7. The van der Waals surface area contributed by atoms with Gasteiger partial charge in [-0.3, -0.25) is 30.3 Å². The number of halogens is 9. The molecular formula is C40H20F9N7O6. The summed E-state index contributed by atoms with van der Waals surface area (Å²) in [4.78, 5) is 47.6. The van der Waals surface area contributed by atoms with Crippen LogP contribution >= 0.6 is 0 Å². The summed E-state index contributed by atoms with van der Waals surface area (Å²) < 4.78 is 124. The van der Waals surface area contributed by atoms with E-state index in [0.717, 1.165) is 18.2 Å². The highest BCUT2D eigenvalue weighted by molar-refractivity contribution is 6.03. The van der Waals surface area contributed by atoms with Crippen molar-refractivity contribution in [1.82, 2.24) is 19.9 Å². The topological polar surface area (TPSA) is 190 Å². The monoisotopic (exact) mass is 865 g/mol. The van der Waals surface area contributed by atoms with E-state index in [2.05, 4.69) is 19.9 Å². The largest absolute Gasteiger partial charge is 0.416 e. The fraction of sp³-hybridized carbons (Fsp3) is 0.0750. The maximum absolute atomic E-state index is 13.9. The molecular weight excluding hydrogens is 845 g/mol. The number of nitrogens with one attached hydrogen (secondary N) is 3. The van der Waals surface area contributed by atoms with Gasteiger partial charge in [0, 0.05) is 62.5 Å². The Morgan fingerprint density at radius 1 is 0.403 bits per heavy atom. The molecule has 1 aliphatic rings. The van der Waals surface area contributed by atoms with E-state index in [4.69, 9.17) is 0 Å². The van der Waals surface area contributed by atoms with Gasteiger partial charge >= 0.3 is 18.5 Å². The molecule has 62 heavy (non-hydrogen) atoms. The second kappa shape index (κ2) is 14.3. The Hall–Kier alpha value is -8.04. The normalized spacial score (nSPS) is 12.6. The summed E-state index contributed by atoms with van der Waals surface area (Å²) in [6, 6.07) is 13.3. The van der Waals surface area contributed by atoms with Gasteiger partial charge < -0.3 is 15.0 Å². The minimum Gasteiger partial charge on any atom is -0.354 e. The first kappa shape index (κ1) is 40.7. The fourth-order valence-corrected chi connectivity index (χ4v) is 7.22. The van der Waals surface area contributed by atoms with Gasteiger partial charge in [-0.05, 0) is 84.9 Å². The number of rotatable bonds is 6. The molecule has 3 aromatic carbocycles. The Morgan fingerprint density at radius 3 is 1.03 bits per heavy atom. The molecule has 0 aliphatic carbocycles. The number of nitro groups is 3. The molecule has 0 saturated carbocycles. The zero-order valence-electron chi connectivity index (χ0n) is 30.5. The molecule has 0 unspecified atom stereocenters. The van der Waals surface area contributed by atoms with Crippen molar-refractivity contribution in [2.75, 3.05) is 0 Å². The highest BCUT2D eigenvalue weighted by Crippen LogP contribution is 2.45. The molecule has 1 aliphatic heterocycles.